The van der Waals surface area contributed by atoms with Gasteiger partial charge >= 0.3 is 158 Å². The third-order valence-electron chi connectivity index (χ3n) is 6.07. The first-order valence-corrected chi connectivity index (χ1v) is 14.5. The second-order valence-electron chi connectivity index (χ2n) is 7.55. The summed E-state index contributed by atoms with van der Waals surface area (Å²) in [6.45, 7) is 2.24. The third-order valence-corrected chi connectivity index (χ3v) is 16.2. The number of rotatable bonds is 2. The van der Waals surface area contributed by atoms with Crippen LogP contribution in [0.5, 0.6) is 0 Å². The van der Waals surface area contributed by atoms with Crippen molar-refractivity contribution in [1.82, 2.24) is 0 Å². The zero-order valence-electron chi connectivity index (χ0n) is 15.1. The van der Waals surface area contributed by atoms with E-state index in [1.54, 1.807) is 19.9 Å². The molecule has 0 saturated carbocycles. The van der Waals surface area contributed by atoms with Crippen LogP contribution < -0.4 is 8.79 Å². The van der Waals surface area contributed by atoms with E-state index < -0.39 is 13.3 Å². The van der Waals surface area contributed by atoms with Crippen LogP contribution in [-0.4, -0.2) is 13.3 Å². The molecule has 26 heavy (non-hydrogen) atoms. The van der Waals surface area contributed by atoms with Crippen LogP contribution in [0.2, 0.25) is 0 Å². The fourth-order valence-corrected chi connectivity index (χ4v) is 14.9. The van der Waals surface area contributed by atoms with Crippen LogP contribution in [-0.2, 0) is 10.5 Å². The van der Waals surface area contributed by atoms with Crippen LogP contribution in [0.15, 0.2) is 91.0 Å². The topological polar surface area (TPSA) is 0 Å². The van der Waals surface area contributed by atoms with E-state index >= 15 is 0 Å². The van der Waals surface area contributed by atoms with Gasteiger partial charge in [0, 0.05) is 0 Å². The van der Waals surface area contributed by atoms with Gasteiger partial charge in [-0.05, 0) is 0 Å². The molecule has 4 aromatic carbocycles. The van der Waals surface area contributed by atoms with Crippen LogP contribution in [0.25, 0.3) is 10.8 Å². The number of benzene rings is 4. The molecule has 1 aliphatic heterocycles. The molecule has 4 aromatic rings. The van der Waals surface area contributed by atoms with Crippen molar-refractivity contribution < 1.29 is 0 Å². The van der Waals surface area contributed by atoms with Crippen molar-refractivity contribution in [2.75, 3.05) is 0 Å². The summed E-state index contributed by atoms with van der Waals surface area (Å²) in [4.78, 5) is 0. The standard InChI is InChI=1S/C25H22Ge/c1-19-15-16-21-18-26(22-10-4-2-5-11-22,23-12-6-3-7-13-23)17-20-9-8-14-24(19)25(20)21/h2-16H,17-18H2,1H3. The molecule has 5 rings (SSSR count). The molecule has 0 radical (unpaired) electrons. The molecule has 0 atom stereocenters. The summed E-state index contributed by atoms with van der Waals surface area (Å²) in [7, 11) is 0. The van der Waals surface area contributed by atoms with Crippen molar-refractivity contribution >= 4 is 32.8 Å². The average Bonchev–Trinajstić information content (AvgIpc) is 2.72. The molecule has 1 heterocycles. The Morgan fingerprint density at radius 2 is 1.15 bits per heavy atom. The van der Waals surface area contributed by atoms with Crippen molar-refractivity contribution in [2.24, 2.45) is 0 Å². The van der Waals surface area contributed by atoms with Gasteiger partial charge in [-0.2, -0.15) is 0 Å². The Morgan fingerprint density at radius 3 is 1.77 bits per heavy atom. The van der Waals surface area contributed by atoms with Crippen molar-refractivity contribution in [3.63, 3.8) is 0 Å². The van der Waals surface area contributed by atoms with Crippen LogP contribution in [0.3, 0.4) is 0 Å². The van der Waals surface area contributed by atoms with Crippen molar-refractivity contribution in [3.8, 4) is 0 Å². The molecule has 0 amide bonds. The number of hydrogen-bond donors (Lipinski definition) is 0. The minimum atomic E-state index is -2.54. The first-order valence-electron chi connectivity index (χ1n) is 9.39. The summed E-state index contributed by atoms with van der Waals surface area (Å²) in [5, 5.41) is 5.45. The van der Waals surface area contributed by atoms with Crippen molar-refractivity contribution in [1.29, 1.82) is 0 Å². The van der Waals surface area contributed by atoms with E-state index in [-0.39, 0.29) is 0 Å². The third kappa shape index (κ3) is 2.36. The van der Waals surface area contributed by atoms with Gasteiger partial charge in [0.2, 0.25) is 0 Å². The molecular formula is C25H22Ge. The zero-order valence-corrected chi connectivity index (χ0v) is 17.2. The predicted molar refractivity (Wildman–Crippen MR) is 114 cm³/mol. The first-order chi connectivity index (χ1) is 12.8. The van der Waals surface area contributed by atoms with Gasteiger partial charge in [-0.25, -0.2) is 0 Å². The van der Waals surface area contributed by atoms with Gasteiger partial charge in [0.25, 0.3) is 0 Å². The van der Waals surface area contributed by atoms with E-state index in [4.69, 9.17) is 0 Å². The quantitative estimate of drug-likeness (QED) is 0.436. The Balaban J connectivity index is 1.80. The SMILES string of the molecule is Cc1ccc2c3c(cccc13)[CH2][Ge]([c]1ccccc1)([c]1ccccc1)[CH2]2. The average molecular weight is 395 g/mol. The Kier molecular flexibility index (Phi) is 3.75. The Hall–Kier alpha value is -2.32. The second-order valence-corrected chi connectivity index (χ2v) is 16.0. The Morgan fingerprint density at radius 1 is 0.577 bits per heavy atom. The van der Waals surface area contributed by atoms with E-state index in [2.05, 4.69) is 97.9 Å². The van der Waals surface area contributed by atoms with Gasteiger partial charge in [-0.15, -0.1) is 0 Å². The van der Waals surface area contributed by atoms with Gasteiger partial charge in [0.15, 0.2) is 0 Å². The van der Waals surface area contributed by atoms with Crippen molar-refractivity contribution in [3.05, 3.63) is 108 Å². The molecule has 0 fully saturated rings. The van der Waals surface area contributed by atoms with Gasteiger partial charge in [-0.3, -0.25) is 0 Å². The summed E-state index contributed by atoms with van der Waals surface area (Å²) < 4.78 is 3.20. The van der Waals surface area contributed by atoms with Crippen LogP contribution in [0, 0.1) is 6.92 Å². The molecule has 0 saturated heterocycles. The van der Waals surface area contributed by atoms with E-state index in [1.165, 1.54) is 26.8 Å². The van der Waals surface area contributed by atoms with E-state index in [9.17, 15) is 0 Å². The monoisotopic (exact) mass is 396 g/mol. The number of hydrogen-bond acceptors (Lipinski definition) is 0. The molecular weight excluding hydrogens is 373 g/mol. The second kappa shape index (κ2) is 6.14. The maximum absolute atomic E-state index is 2.54. The van der Waals surface area contributed by atoms with Crippen molar-refractivity contribution in [2.45, 2.75) is 17.4 Å². The molecule has 1 heteroatoms. The minimum absolute atomic E-state index is 1.24. The van der Waals surface area contributed by atoms with Gasteiger partial charge in [-0.1, -0.05) is 0 Å². The summed E-state index contributed by atoms with van der Waals surface area (Å²) in [5.74, 6) is 0. The van der Waals surface area contributed by atoms with E-state index in [0.717, 1.165) is 0 Å². The van der Waals surface area contributed by atoms with Gasteiger partial charge in [0.1, 0.15) is 0 Å². The zero-order chi connectivity index (χ0) is 17.6. The molecule has 0 aliphatic carbocycles. The first kappa shape index (κ1) is 15.9. The molecule has 0 bridgehead atoms. The van der Waals surface area contributed by atoms with Crippen LogP contribution in [0.4, 0.5) is 0 Å². The summed E-state index contributed by atoms with van der Waals surface area (Å²) in [5.41, 5.74) is 4.50. The van der Waals surface area contributed by atoms with Crippen LogP contribution >= 0.6 is 0 Å². The Labute approximate surface area is 157 Å². The van der Waals surface area contributed by atoms with E-state index in [0.29, 0.717) is 0 Å². The van der Waals surface area contributed by atoms with Crippen LogP contribution in [0.1, 0.15) is 16.7 Å². The molecule has 126 valence electrons. The normalized spacial score (nSPS) is 15.1. The molecule has 0 nitrogen and oxygen atoms in total. The predicted octanol–water partition coefficient (Wildman–Crippen LogP) is 4.59. The fourth-order valence-electron chi connectivity index (χ4n) is 4.80. The molecule has 0 spiro atoms. The molecule has 0 N–H and O–H groups in total. The number of aryl methyl sites for hydroxylation is 1. The van der Waals surface area contributed by atoms with Gasteiger partial charge in [0.05, 0.1) is 0 Å². The summed E-state index contributed by atoms with van der Waals surface area (Å²) >= 11 is -2.54. The molecule has 1 aliphatic rings. The summed E-state index contributed by atoms with van der Waals surface area (Å²) in [6, 6.07) is 34.3. The fraction of sp³-hybridized carbons (Fsp3) is 0.120. The molecule has 0 aromatic heterocycles. The maximum atomic E-state index is 2.40. The Bertz CT molecular complexity index is 1030. The molecule has 0 unspecified atom stereocenters. The summed E-state index contributed by atoms with van der Waals surface area (Å²) in [6.07, 6.45) is 0. The van der Waals surface area contributed by atoms with E-state index in [1.807, 2.05) is 0 Å². The van der Waals surface area contributed by atoms with Gasteiger partial charge < -0.3 is 0 Å².